The average Bonchev–Trinajstić information content (AvgIpc) is 2.88. The van der Waals surface area contributed by atoms with E-state index in [1.54, 1.807) is 6.20 Å². The van der Waals surface area contributed by atoms with E-state index in [0.717, 1.165) is 40.0 Å². The van der Waals surface area contributed by atoms with Crippen LogP contribution in [0.3, 0.4) is 0 Å². The Labute approximate surface area is 116 Å². The van der Waals surface area contributed by atoms with E-state index in [9.17, 15) is 0 Å². The predicted molar refractivity (Wildman–Crippen MR) is 78.3 cm³/mol. The molecule has 0 fully saturated rings. The second-order valence-corrected chi connectivity index (χ2v) is 4.86. The highest BCUT2D eigenvalue weighted by Gasteiger charge is 2.10. The summed E-state index contributed by atoms with van der Waals surface area (Å²) in [6.07, 6.45) is 6.52. The highest BCUT2D eigenvalue weighted by atomic mass is 35.5. The molecular weight excluding hydrogens is 258 g/mol. The van der Waals surface area contributed by atoms with Crippen LogP contribution < -0.4 is 0 Å². The molecule has 0 amide bonds. The van der Waals surface area contributed by atoms with E-state index < -0.39 is 0 Å². The number of fused-ring (bicyclic) bond motifs is 1. The Morgan fingerprint density at radius 3 is 2.84 bits per heavy atom. The number of aromatic nitrogens is 3. The fourth-order valence-corrected chi connectivity index (χ4v) is 2.56. The van der Waals surface area contributed by atoms with E-state index in [-0.39, 0.29) is 0 Å². The van der Waals surface area contributed by atoms with Crippen LogP contribution in [0.25, 0.3) is 22.0 Å². The standard InChI is InChI=1S/C15H14ClN3/c1-2-9-19-15(6-8-18-19)12-3-4-14(16)11-5-7-17-10-13(11)12/h3-8,10H,2,9H2,1H3. The van der Waals surface area contributed by atoms with E-state index in [4.69, 9.17) is 11.6 Å². The van der Waals surface area contributed by atoms with Gasteiger partial charge in [-0.3, -0.25) is 9.67 Å². The number of hydrogen-bond donors (Lipinski definition) is 0. The highest BCUT2D eigenvalue weighted by molar-refractivity contribution is 6.36. The lowest BCUT2D eigenvalue weighted by atomic mass is 10.0. The van der Waals surface area contributed by atoms with Crippen LogP contribution in [-0.2, 0) is 6.54 Å². The molecule has 0 aliphatic carbocycles. The molecule has 0 aliphatic rings. The van der Waals surface area contributed by atoms with Gasteiger partial charge < -0.3 is 0 Å². The molecule has 4 heteroatoms. The monoisotopic (exact) mass is 271 g/mol. The molecule has 3 rings (SSSR count). The third-order valence-electron chi connectivity index (χ3n) is 3.19. The van der Waals surface area contributed by atoms with Gasteiger partial charge in [0.2, 0.25) is 0 Å². The molecule has 0 spiro atoms. The van der Waals surface area contributed by atoms with Crippen LogP contribution in [0.4, 0.5) is 0 Å². The number of pyridine rings is 1. The van der Waals surface area contributed by atoms with Crippen LogP contribution in [-0.4, -0.2) is 14.8 Å². The van der Waals surface area contributed by atoms with Crippen molar-refractivity contribution in [3.63, 3.8) is 0 Å². The van der Waals surface area contributed by atoms with E-state index in [1.807, 2.05) is 41.3 Å². The Kier molecular flexibility index (Phi) is 3.22. The van der Waals surface area contributed by atoms with Gasteiger partial charge in [-0.05, 0) is 24.6 Å². The van der Waals surface area contributed by atoms with Crippen LogP contribution in [0.2, 0.25) is 5.02 Å². The molecule has 96 valence electrons. The molecule has 2 heterocycles. The Morgan fingerprint density at radius 2 is 2.00 bits per heavy atom. The molecule has 0 aliphatic heterocycles. The van der Waals surface area contributed by atoms with Gasteiger partial charge in [0.1, 0.15) is 0 Å². The van der Waals surface area contributed by atoms with Crippen molar-refractivity contribution in [2.45, 2.75) is 19.9 Å². The lowest BCUT2D eigenvalue weighted by molar-refractivity contribution is 0.609. The molecule has 0 saturated carbocycles. The molecule has 0 unspecified atom stereocenters. The third kappa shape index (κ3) is 2.10. The van der Waals surface area contributed by atoms with Crippen molar-refractivity contribution >= 4 is 22.4 Å². The maximum Gasteiger partial charge on any atom is 0.0689 e. The molecule has 3 nitrogen and oxygen atoms in total. The van der Waals surface area contributed by atoms with Gasteiger partial charge in [0.25, 0.3) is 0 Å². The first kappa shape index (κ1) is 12.2. The minimum Gasteiger partial charge on any atom is -0.265 e. The molecule has 0 atom stereocenters. The number of benzene rings is 1. The molecular formula is C15H14ClN3. The second kappa shape index (κ2) is 5.02. The second-order valence-electron chi connectivity index (χ2n) is 4.46. The lowest BCUT2D eigenvalue weighted by Crippen LogP contribution is -2.01. The Balaban J connectivity index is 2.25. The zero-order valence-electron chi connectivity index (χ0n) is 10.7. The Hall–Kier alpha value is -1.87. The fourth-order valence-electron chi connectivity index (χ4n) is 2.33. The van der Waals surface area contributed by atoms with Crippen molar-refractivity contribution in [2.24, 2.45) is 0 Å². The molecule has 3 aromatic rings. The molecule has 2 aromatic heterocycles. The van der Waals surface area contributed by atoms with Gasteiger partial charge in [-0.2, -0.15) is 5.10 Å². The minimum absolute atomic E-state index is 0.753. The topological polar surface area (TPSA) is 30.7 Å². The van der Waals surface area contributed by atoms with E-state index in [2.05, 4.69) is 17.0 Å². The summed E-state index contributed by atoms with van der Waals surface area (Å²) in [5, 5.41) is 7.22. The maximum atomic E-state index is 6.24. The SMILES string of the molecule is CCCn1nccc1-c1ccc(Cl)c2ccncc12. The van der Waals surface area contributed by atoms with Gasteiger partial charge in [-0.25, -0.2) is 0 Å². The molecule has 19 heavy (non-hydrogen) atoms. The van der Waals surface area contributed by atoms with Crippen molar-refractivity contribution in [1.82, 2.24) is 14.8 Å². The van der Waals surface area contributed by atoms with Crippen LogP contribution in [0.1, 0.15) is 13.3 Å². The number of halogens is 1. The highest BCUT2D eigenvalue weighted by Crippen LogP contribution is 2.32. The van der Waals surface area contributed by atoms with Crippen molar-refractivity contribution in [3.05, 3.63) is 47.9 Å². The van der Waals surface area contributed by atoms with Crippen LogP contribution in [0.5, 0.6) is 0 Å². The summed E-state index contributed by atoms with van der Waals surface area (Å²) in [6, 6.07) is 7.95. The maximum absolute atomic E-state index is 6.24. The van der Waals surface area contributed by atoms with Crippen molar-refractivity contribution < 1.29 is 0 Å². The summed E-state index contributed by atoms with van der Waals surface area (Å²) in [5.74, 6) is 0. The van der Waals surface area contributed by atoms with E-state index in [1.165, 1.54) is 0 Å². The summed E-state index contributed by atoms with van der Waals surface area (Å²) >= 11 is 6.24. The summed E-state index contributed by atoms with van der Waals surface area (Å²) in [7, 11) is 0. The number of nitrogens with zero attached hydrogens (tertiary/aromatic N) is 3. The van der Waals surface area contributed by atoms with Crippen molar-refractivity contribution in [1.29, 1.82) is 0 Å². The molecule has 1 aromatic carbocycles. The molecule has 0 bridgehead atoms. The van der Waals surface area contributed by atoms with E-state index in [0.29, 0.717) is 0 Å². The molecule has 0 saturated heterocycles. The fraction of sp³-hybridized carbons (Fsp3) is 0.200. The average molecular weight is 272 g/mol. The summed E-state index contributed by atoms with van der Waals surface area (Å²) in [6.45, 7) is 3.06. The van der Waals surface area contributed by atoms with Gasteiger partial charge in [0.05, 0.1) is 5.69 Å². The van der Waals surface area contributed by atoms with Gasteiger partial charge in [0, 0.05) is 46.5 Å². The van der Waals surface area contributed by atoms with Crippen LogP contribution in [0.15, 0.2) is 42.9 Å². The summed E-state index contributed by atoms with van der Waals surface area (Å²) in [4.78, 5) is 4.21. The normalized spacial score (nSPS) is 11.1. The van der Waals surface area contributed by atoms with Gasteiger partial charge in [0.15, 0.2) is 0 Å². The first-order valence-corrected chi connectivity index (χ1v) is 6.73. The number of rotatable bonds is 3. The first-order chi connectivity index (χ1) is 9.31. The molecule has 0 N–H and O–H groups in total. The van der Waals surface area contributed by atoms with Crippen molar-refractivity contribution in [2.75, 3.05) is 0 Å². The minimum atomic E-state index is 0.753. The van der Waals surface area contributed by atoms with Gasteiger partial charge in [-0.1, -0.05) is 24.6 Å². The summed E-state index contributed by atoms with van der Waals surface area (Å²) in [5.41, 5.74) is 2.23. The zero-order valence-corrected chi connectivity index (χ0v) is 11.4. The van der Waals surface area contributed by atoms with E-state index >= 15 is 0 Å². The van der Waals surface area contributed by atoms with Gasteiger partial charge >= 0.3 is 0 Å². The van der Waals surface area contributed by atoms with Crippen molar-refractivity contribution in [3.8, 4) is 11.3 Å². The molecule has 0 radical (unpaired) electrons. The summed E-state index contributed by atoms with van der Waals surface area (Å²) < 4.78 is 2.02. The lowest BCUT2D eigenvalue weighted by Gasteiger charge is -2.10. The largest absolute Gasteiger partial charge is 0.265 e. The smallest absolute Gasteiger partial charge is 0.0689 e. The zero-order chi connectivity index (χ0) is 13.2. The number of aryl methyl sites for hydroxylation is 1. The van der Waals surface area contributed by atoms with Gasteiger partial charge in [-0.15, -0.1) is 0 Å². The predicted octanol–water partition coefficient (Wildman–Crippen LogP) is 4.16. The Morgan fingerprint density at radius 1 is 1.11 bits per heavy atom. The van der Waals surface area contributed by atoms with Crippen LogP contribution in [0, 0.1) is 0 Å². The number of hydrogen-bond acceptors (Lipinski definition) is 2. The quantitative estimate of drug-likeness (QED) is 0.716. The first-order valence-electron chi connectivity index (χ1n) is 6.35. The third-order valence-corrected chi connectivity index (χ3v) is 3.52. The van der Waals surface area contributed by atoms with Crippen LogP contribution >= 0.6 is 11.6 Å². The Bertz CT molecular complexity index is 718.